The van der Waals surface area contributed by atoms with Crippen LogP contribution in [0.3, 0.4) is 0 Å². The number of likely N-dealkylation sites (tertiary alicyclic amines) is 1. The minimum absolute atomic E-state index is 0.122. The van der Waals surface area contributed by atoms with E-state index in [9.17, 15) is 4.79 Å². The fourth-order valence-corrected chi connectivity index (χ4v) is 2.87. The molecule has 1 aromatic heterocycles. The molecule has 0 spiro atoms. The average Bonchev–Trinajstić information content (AvgIpc) is 3.16. The van der Waals surface area contributed by atoms with Crippen molar-refractivity contribution in [2.24, 2.45) is 5.92 Å². The molecule has 2 heterocycles. The first-order chi connectivity index (χ1) is 9.24. The molecule has 4 nitrogen and oxygen atoms in total. The standard InChI is InChI=1S/C14H18ClN3O/c15-13-3-5-16-8-12(13)14(19)17-7-10-4-6-18(9-10)11-1-2-11/h3,5,8,10-11H,1-2,4,6-7,9H2,(H,17,19). The van der Waals surface area contributed by atoms with Crippen LogP contribution in [0.2, 0.25) is 5.02 Å². The second-order valence-corrected chi connectivity index (χ2v) is 5.85. The van der Waals surface area contributed by atoms with Crippen LogP contribution in [0.5, 0.6) is 0 Å². The first-order valence-electron chi connectivity index (χ1n) is 6.86. The molecule has 1 aliphatic heterocycles. The molecule has 1 atom stereocenters. The summed E-state index contributed by atoms with van der Waals surface area (Å²) in [5.74, 6) is 0.447. The first kappa shape index (κ1) is 12.9. The van der Waals surface area contributed by atoms with Crippen LogP contribution in [-0.4, -0.2) is 41.5 Å². The van der Waals surface area contributed by atoms with E-state index in [1.807, 2.05) is 0 Å². The van der Waals surface area contributed by atoms with E-state index >= 15 is 0 Å². The number of nitrogens with zero attached hydrogens (tertiary/aromatic N) is 2. The van der Waals surface area contributed by atoms with Gasteiger partial charge in [-0.3, -0.25) is 9.78 Å². The van der Waals surface area contributed by atoms with Gasteiger partial charge in [-0.1, -0.05) is 11.6 Å². The van der Waals surface area contributed by atoms with Crippen LogP contribution in [-0.2, 0) is 0 Å². The molecule has 3 rings (SSSR count). The molecule has 2 aliphatic rings. The lowest BCUT2D eigenvalue weighted by molar-refractivity contribution is 0.0947. The van der Waals surface area contributed by atoms with Crippen LogP contribution >= 0.6 is 11.6 Å². The Labute approximate surface area is 118 Å². The second-order valence-electron chi connectivity index (χ2n) is 5.45. The van der Waals surface area contributed by atoms with E-state index < -0.39 is 0 Å². The number of hydrogen-bond acceptors (Lipinski definition) is 3. The van der Waals surface area contributed by atoms with Gasteiger partial charge < -0.3 is 10.2 Å². The maximum atomic E-state index is 12.0. The highest BCUT2D eigenvalue weighted by Crippen LogP contribution is 2.31. The number of aromatic nitrogens is 1. The van der Waals surface area contributed by atoms with E-state index in [1.165, 1.54) is 32.0 Å². The third-order valence-electron chi connectivity index (χ3n) is 3.94. The number of amides is 1. The smallest absolute Gasteiger partial charge is 0.254 e. The highest BCUT2D eigenvalue weighted by molar-refractivity contribution is 6.33. The van der Waals surface area contributed by atoms with Crippen molar-refractivity contribution in [3.05, 3.63) is 29.0 Å². The Morgan fingerprint density at radius 2 is 2.32 bits per heavy atom. The van der Waals surface area contributed by atoms with Crippen molar-refractivity contribution in [1.82, 2.24) is 15.2 Å². The molecule has 19 heavy (non-hydrogen) atoms. The Bertz CT molecular complexity index is 476. The summed E-state index contributed by atoms with van der Waals surface area (Å²) in [7, 11) is 0. The topological polar surface area (TPSA) is 45.2 Å². The minimum atomic E-state index is -0.122. The molecule has 1 unspecified atom stereocenters. The predicted octanol–water partition coefficient (Wildman–Crippen LogP) is 1.95. The molecule has 1 amide bonds. The highest BCUT2D eigenvalue weighted by Gasteiger charge is 2.34. The van der Waals surface area contributed by atoms with Gasteiger partial charge in [0.25, 0.3) is 5.91 Å². The van der Waals surface area contributed by atoms with Gasteiger partial charge in [-0.25, -0.2) is 0 Å². The van der Waals surface area contributed by atoms with Gasteiger partial charge in [-0.2, -0.15) is 0 Å². The Morgan fingerprint density at radius 1 is 1.47 bits per heavy atom. The van der Waals surface area contributed by atoms with Gasteiger partial charge in [0.15, 0.2) is 0 Å². The monoisotopic (exact) mass is 279 g/mol. The number of halogens is 1. The molecular weight excluding hydrogens is 262 g/mol. The van der Waals surface area contributed by atoms with Crippen molar-refractivity contribution in [3.63, 3.8) is 0 Å². The molecule has 0 radical (unpaired) electrons. The third kappa shape index (κ3) is 3.07. The summed E-state index contributed by atoms with van der Waals surface area (Å²) in [6.07, 6.45) is 6.98. The molecule has 1 aliphatic carbocycles. The third-order valence-corrected chi connectivity index (χ3v) is 4.27. The Balaban J connectivity index is 1.50. The number of rotatable bonds is 4. The molecule has 1 saturated carbocycles. The SMILES string of the molecule is O=C(NCC1CCN(C2CC2)C1)c1cnccc1Cl. The molecule has 1 saturated heterocycles. The zero-order valence-electron chi connectivity index (χ0n) is 10.8. The summed E-state index contributed by atoms with van der Waals surface area (Å²) in [6, 6.07) is 2.47. The lowest BCUT2D eigenvalue weighted by Crippen LogP contribution is -2.31. The van der Waals surface area contributed by atoms with Gasteiger partial charge in [0.1, 0.15) is 0 Å². The Kier molecular flexibility index (Phi) is 3.71. The predicted molar refractivity (Wildman–Crippen MR) is 74.3 cm³/mol. The van der Waals surface area contributed by atoms with Crippen LogP contribution in [0.1, 0.15) is 29.6 Å². The first-order valence-corrected chi connectivity index (χ1v) is 7.23. The van der Waals surface area contributed by atoms with Crippen molar-refractivity contribution in [3.8, 4) is 0 Å². The fraction of sp³-hybridized carbons (Fsp3) is 0.571. The van der Waals surface area contributed by atoms with E-state index in [2.05, 4.69) is 15.2 Å². The van der Waals surface area contributed by atoms with Crippen molar-refractivity contribution < 1.29 is 4.79 Å². The summed E-state index contributed by atoms with van der Waals surface area (Å²) >= 11 is 5.98. The van der Waals surface area contributed by atoms with Gasteiger partial charge >= 0.3 is 0 Å². The van der Waals surface area contributed by atoms with E-state index in [4.69, 9.17) is 11.6 Å². The summed E-state index contributed by atoms with van der Waals surface area (Å²) in [5.41, 5.74) is 0.459. The molecule has 102 valence electrons. The summed E-state index contributed by atoms with van der Waals surface area (Å²) < 4.78 is 0. The Hall–Kier alpha value is -1.13. The van der Waals surface area contributed by atoms with Gasteiger partial charge in [-0.15, -0.1) is 0 Å². The van der Waals surface area contributed by atoms with Crippen LogP contribution in [0.25, 0.3) is 0 Å². The number of pyridine rings is 1. The van der Waals surface area contributed by atoms with Gasteiger partial charge in [0.05, 0.1) is 10.6 Å². The van der Waals surface area contributed by atoms with Crippen molar-refractivity contribution in [1.29, 1.82) is 0 Å². The number of nitrogens with one attached hydrogen (secondary N) is 1. The van der Waals surface area contributed by atoms with Crippen LogP contribution in [0.4, 0.5) is 0 Å². The van der Waals surface area contributed by atoms with E-state index in [1.54, 1.807) is 12.3 Å². The lowest BCUT2D eigenvalue weighted by Gasteiger charge is -2.15. The summed E-state index contributed by atoms with van der Waals surface area (Å²) in [4.78, 5) is 18.5. The van der Waals surface area contributed by atoms with E-state index in [0.29, 0.717) is 16.5 Å². The van der Waals surface area contributed by atoms with Crippen LogP contribution in [0.15, 0.2) is 18.5 Å². The molecule has 5 heteroatoms. The Morgan fingerprint density at radius 3 is 3.05 bits per heavy atom. The van der Waals surface area contributed by atoms with E-state index in [-0.39, 0.29) is 5.91 Å². The number of hydrogen-bond donors (Lipinski definition) is 1. The van der Waals surface area contributed by atoms with Crippen molar-refractivity contribution in [2.45, 2.75) is 25.3 Å². The van der Waals surface area contributed by atoms with Crippen molar-refractivity contribution >= 4 is 17.5 Å². The van der Waals surface area contributed by atoms with Crippen LogP contribution in [0, 0.1) is 5.92 Å². The maximum Gasteiger partial charge on any atom is 0.254 e. The number of carbonyl (C=O) groups is 1. The quantitative estimate of drug-likeness (QED) is 0.916. The maximum absolute atomic E-state index is 12.0. The summed E-state index contributed by atoms with van der Waals surface area (Å²) in [5, 5.41) is 3.43. The second kappa shape index (κ2) is 5.47. The molecule has 2 fully saturated rings. The zero-order valence-corrected chi connectivity index (χ0v) is 11.6. The molecule has 0 aromatic carbocycles. The van der Waals surface area contributed by atoms with Gasteiger partial charge in [-0.05, 0) is 37.8 Å². The molecule has 1 N–H and O–H groups in total. The largest absolute Gasteiger partial charge is 0.352 e. The van der Waals surface area contributed by atoms with Crippen LogP contribution < -0.4 is 5.32 Å². The highest BCUT2D eigenvalue weighted by atomic mass is 35.5. The minimum Gasteiger partial charge on any atom is -0.352 e. The van der Waals surface area contributed by atoms with Gasteiger partial charge in [0, 0.05) is 31.5 Å². The molecule has 0 bridgehead atoms. The fourth-order valence-electron chi connectivity index (χ4n) is 2.68. The zero-order chi connectivity index (χ0) is 13.2. The lowest BCUT2D eigenvalue weighted by atomic mass is 10.1. The molecule has 1 aromatic rings. The average molecular weight is 280 g/mol. The number of carbonyl (C=O) groups excluding carboxylic acids is 1. The summed E-state index contributed by atoms with van der Waals surface area (Å²) in [6.45, 7) is 3.03. The molecular formula is C14H18ClN3O. The van der Waals surface area contributed by atoms with Crippen molar-refractivity contribution in [2.75, 3.05) is 19.6 Å². The normalized spacial score (nSPS) is 23.5. The van der Waals surface area contributed by atoms with Gasteiger partial charge in [0.2, 0.25) is 0 Å². The van der Waals surface area contributed by atoms with E-state index in [0.717, 1.165) is 19.1 Å².